The van der Waals surface area contributed by atoms with E-state index in [4.69, 9.17) is 0 Å². The first-order valence-electron chi connectivity index (χ1n) is 6.12. The van der Waals surface area contributed by atoms with Gasteiger partial charge in [0.1, 0.15) is 5.82 Å². The smallest absolute Gasteiger partial charge is 0.222 e. The van der Waals surface area contributed by atoms with E-state index in [0.717, 1.165) is 28.0 Å². The monoisotopic (exact) mass is 253 g/mol. The zero-order valence-corrected chi connectivity index (χ0v) is 11.2. The highest BCUT2D eigenvalue weighted by Crippen LogP contribution is 2.23. The number of nitrogens with zero attached hydrogens (tertiary/aromatic N) is 4. The van der Waals surface area contributed by atoms with Crippen molar-refractivity contribution in [3.8, 4) is 11.1 Å². The number of hydrogen-bond donors (Lipinski definition) is 1. The fourth-order valence-electron chi connectivity index (χ4n) is 2.11. The number of aromatic nitrogens is 4. The van der Waals surface area contributed by atoms with E-state index < -0.39 is 0 Å². The minimum atomic E-state index is 0.624. The number of anilines is 1. The summed E-state index contributed by atoms with van der Waals surface area (Å²) < 4.78 is 2.08. The fraction of sp³-hybridized carbons (Fsp3) is 0.214. The molecule has 0 saturated carbocycles. The van der Waals surface area contributed by atoms with E-state index in [-0.39, 0.29) is 0 Å². The second kappa shape index (κ2) is 4.35. The maximum atomic E-state index is 4.54. The maximum absolute atomic E-state index is 4.54. The van der Waals surface area contributed by atoms with Crippen molar-refractivity contribution in [3.63, 3.8) is 0 Å². The van der Waals surface area contributed by atoms with Gasteiger partial charge >= 0.3 is 0 Å². The Hall–Kier alpha value is -2.43. The van der Waals surface area contributed by atoms with Crippen LogP contribution >= 0.6 is 0 Å². The summed E-state index contributed by atoms with van der Waals surface area (Å²) in [6, 6.07) is 6.22. The number of nitrogens with one attached hydrogen (secondary N) is 1. The predicted octanol–water partition coefficient (Wildman–Crippen LogP) is 2.38. The van der Waals surface area contributed by atoms with E-state index in [2.05, 4.69) is 43.0 Å². The molecule has 0 aliphatic carbocycles. The summed E-state index contributed by atoms with van der Waals surface area (Å²) >= 11 is 0. The van der Waals surface area contributed by atoms with Gasteiger partial charge in [-0.25, -0.2) is 15.0 Å². The van der Waals surface area contributed by atoms with Gasteiger partial charge in [0.2, 0.25) is 5.95 Å². The topological polar surface area (TPSA) is 55.6 Å². The lowest BCUT2D eigenvalue weighted by molar-refractivity contribution is 0.886. The van der Waals surface area contributed by atoms with Crippen LogP contribution in [0.2, 0.25) is 0 Å². The van der Waals surface area contributed by atoms with Crippen LogP contribution in [0, 0.1) is 6.92 Å². The quantitative estimate of drug-likeness (QED) is 0.762. The Bertz CT molecular complexity index is 727. The molecule has 0 radical (unpaired) electrons. The highest BCUT2D eigenvalue weighted by Gasteiger charge is 2.06. The van der Waals surface area contributed by atoms with Crippen molar-refractivity contribution in [3.05, 3.63) is 36.4 Å². The minimum Gasteiger partial charge on any atom is -0.357 e. The van der Waals surface area contributed by atoms with Crippen LogP contribution in [-0.4, -0.2) is 26.6 Å². The summed E-state index contributed by atoms with van der Waals surface area (Å²) in [5.41, 5.74) is 4.20. The summed E-state index contributed by atoms with van der Waals surface area (Å²) in [5.74, 6) is 1.63. The van der Waals surface area contributed by atoms with Gasteiger partial charge in [0.05, 0.1) is 11.0 Å². The molecule has 96 valence electrons. The van der Waals surface area contributed by atoms with Crippen molar-refractivity contribution in [1.29, 1.82) is 0 Å². The van der Waals surface area contributed by atoms with Gasteiger partial charge in [0.15, 0.2) is 0 Å². The first-order valence-corrected chi connectivity index (χ1v) is 6.12. The van der Waals surface area contributed by atoms with Crippen LogP contribution in [0.4, 0.5) is 5.95 Å². The van der Waals surface area contributed by atoms with E-state index in [1.54, 1.807) is 7.05 Å². The molecule has 2 aromatic heterocycles. The molecule has 0 atom stereocenters. The Morgan fingerprint density at radius 1 is 1.11 bits per heavy atom. The van der Waals surface area contributed by atoms with Crippen LogP contribution in [0.3, 0.4) is 0 Å². The van der Waals surface area contributed by atoms with E-state index in [9.17, 15) is 0 Å². The van der Waals surface area contributed by atoms with Gasteiger partial charge in [-0.3, -0.25) is 0 Å². The zero-order chi connectivity index (χ0) is 13.4. The van der Waals surface area contributed by atoms with Crippen molar-refractivity contribution >= 4 is 17.0 Å². The van der Waals surface area contributed by atoms with E-state index in [0.29, 0.717) is 5.95 Å². The Labute approximate surface area is 111 Å². The van der Waals surface area contributed by atoms with Crippen LogP contribution in [0.25, 0.3) is 22.2 Å². The number of fused-ring (bicyclic) bond motifs is 1. The van der Waals surface area contributed by atoms with Gasteiger partial charge in [-0.15, -0.1) is 0 Å². The lowest BCUT2D eigenvalue weighted by atomic mass is 10.1. The number of imidazole rings is 1. The van der Waals surface area contributed by atoms with Gasteiger partial charge < -0.3 is 9.88 Å². The molecule has 0 aliphatic heterocycles. The molecule has 1 N–H and O–H groups in total. The molecular formula is C14H15N5. The third-order valence-electron chi connectivity index (χ3n) is 3.31. The van der Waals surface area contributed by atoms with Gasteiger partial charge in [-0.05, 0) is 24.6 Å². The lowest BCUT2D eigenvalue weighted by Gasteiger charge is -2.03. The van der Waals surface area contributed by atoms with Crippen molar-refractivity contribution < 1.29 is 0 Å². The van der Waals surface area contributed by atoms with Crippen molar-refractivity contribution in [2.24, 2.45) is 7.05 Å². The lowest BCUT2D eigenvalue weighted by Crippen LogP contribution is -1.95. The molecule has 0 amide bonds. The number of hydrogen-bond acceptors (Lipinski definition) is 4. The molecule has 0 saturated heterocycles. The Morgan fingerprint density at radius 3 is 2.53 bits per heavy atom. The summed E-state index contributed by atoms with van der Waals surface area (Å²) in [5, 5.41) is 2.91. The SMILES string of the molecule is CNc1ncc(-c2ccc3c(c2)nc(C)n3C)cn1. The summed E-state index contributed by atoms with van der Waals surface area (Å²) in [6.45, 7) is 2.00. The molecular weight excluding hydrogens is 238 g/mol. The molecule has 19 heavy (non-hydrogen) atoms. The molecule has 5 heteroatoms. The van der Waals surface area contributed by atoms with Gasteiger partial charge in [-0.2, -0.15) is 0 Å². The first-order chi connectivity index (χ1) is 9.19. The first kappa shape index (κ1) is 11.6. The van der Waals surface area contributed by atoms with Gasteiger partial charge in [0, 0.05) is 32.1 Å². The third-order valence-corrected chi connectivity index (χ3v) is 3.31. The van der Waals surface area contributed by atoms with Crippen molar-refractivity contribution in [2.45, 2.75) is 6.92 Å². The highest BCUT2D eigenvalue weighted by molar-refractivity contribution is 5.82. The molecule has 0 aliphatic rings. The van der Waals surface area contributed by atoms with Gasteiger partial charge in [-0.1, -0.05) is 6.07 Å². The van der Waals surface area contributed by atoms with E-state index >= 15 is 0 Å². The average Bonchev–Trinajstić information content (AvgIpc) is 2.74. The minimum absolute atomic E-state index is 0.624. The molecule has 5 nitrogen and oxygen atoms in total. The molecule has 3 aromatic rings. The molecule has 0 bridgehead atoms. The Balaban J connectivity index is 2.09. The van der Waals surface area contributed by atoms with Crippen LogP contribution < -0.4 is 5.32 Å². The largest absolute Gasteiger partial charge is 0.357 e. The van der Waals surface area contributed by atoms with Crippen molar-refractivity contribution in [2.75, 3.05) is 12.4 Å². The zero-order valence-electron chi connectivity index (χ0n) is 11.2. The molecule has 3 rings (SSSR count). The second-order valence-corrected chi connectivity index (χ2v) is 4.47. The molecule has 1 aromatic carbocycles. The normalized spacial score (nSPS) is 10.9. The van der Waals surface area contributed by atoms with Crippen LogP contribution in [0.5, 0.6) is 0 Å². The molecule has 0 unspecified atom stereocenters. The fourth-order valence-corrected chi connectivity index (χ4v) is 2.11. The van der Waals surface area contributed by atoms with E-state index in [1.807, 2.05) is 26.4 Å². The number of rotatable bonds is 2. The standard InChI is InChI=1S/C14H15N5/c1-9-18-12-6-10(4-5-13(12)19(9)3)11-7-16-14(15-2)17-8-11/h4-8H,1-3H3,(H,15,16,17). The van der Waals surface area contributed by atoms with Gasteiger partial charge in [0.25, 0.3) is 0 Å². The maximum Gasteiger partial charge on any atom is 0.222 e. The second-order valence-electron chi connectivity index (χ2n) is 4.47. The molecule has 2 heterocycles. The summed E-state index contributed by atoms with van der Waals surface area (Å²) in [6.07, 6.45) is 3.63. The van der Waals surface area contributed by atoms with Crippen LogP contribution in [-0.2, 0) is 7.05 Å². The molecule has 0 fully saturated rings. The summed E-state index contributed by atoms with van der Waals surface area (Å²) in [4.78, 5) is 13.0. The summed E-state index contributed by atoms with van der Waals surface area (Å²) in [7, 11) is 3.83. The van der Waals surface area contributed by atoms with Crippen LogP contribution in [0.15, 0.2) is 30.6 Å². The number of aryl methyl sites for hydroxylation is 2. The van der Waals surface area contributed by atoms with Crippen LogP contribution in [0.1, 0.15) is 5.82 Å². The highest BCUT2D eigenvalue weighted by atomic mass is 15.1. The predicted molar refractivity (Wildman–Crippen MR) is 76.0 cm³/mol. The number of benzene rings is 1. The van der Waals surface area contributed by atoms with E-state index in [1.165, 1.54) is 0 Å². The average molecular weight is 253 g/mol. The third kappa shape index (κ3) is 1.93. The van der Waals surface area contributed by atoms with Crippen molar-refractivity contribution in [1.82, 2.24) is 19.5 Å². The molecule has 0 spiro atoms. The Kier molecular flexibility index (Phi) is 2.67. The Morgan fingerprint density at radius 2 is 1.84 bits per heavy atom.